The van der Waals surface area contributed by atoms with Crippen molar-refractivity contribution in [3.63, 3.8) is 0 Å². The van der Waals surface area contributed by atoms with E-state index >= 15 is 0 Å². The summed E-state index contributed by atoms with van der Waals surface area (Å²) in [6, 6.07) is 0. The van der Waals surface area contributed by atoms with Crippen LogP contribution in [0.25, 0.3) is 0 Å². The van der Waals surface area contributed by atoms with E-state index in [1.165, 1.54) is 51.4 Å². The zero-order valence-corrected chi connectivity index (χ0v) is 20.3. The van der Waals surface area contributed by atoms with Gasteiger partial charge in [0, 0.05) is 0 Å². The van der Waals surface area contributed by atoms with Gasteiger partial charge in [0.05, 0.1) is 34.2 Å². The quantitative estimate of drug-likeness (QED) is 0.106. The minimum Gasteiger partial charge on any atom is -0.479 e. The molecule has 180 valence electrons. The van der Waals surface area contributed by atoms with Crippen LogP contribution in [0.2, 0.25) is 0 Å². The van der Waals surface area contributed by atoms with Gasteiger partial charge in [-0.25, -0.2) is 9.36 Å². The topological polar surface area (TPSA) is 113 Å². The maximum Gasteiger partial charge on any atom is 0.473 e. The molecule has 0 heterocycles. The van der Waals surface area contributed by atoms with E-state index in [9.17, 15) is 24.5 Å². The molecule has 0 aromatic heterocycles. The van der Waals surface area contributed by atoms with Gasteiger partial charge in [-0.2, -0.15) is 0 Å². The van der Waals surface area contributed by atoms with E-state index in [-0.39, 0.29) is 17.5 Å². The van der Waals surface area contributed by atoms with E-state index in [0.717, 1.165) is 19.3 Å². The van der Waals surface area contributed by atoms with Crippen molar-refractivity contribution in [3.8, 4) is 0 Å². The number of phosphoric ester groups is 1. The number of carbonyl (C=O) groups is 1. The molecule has 3 N–H and O–H groups in total. The summed E-state index contributed by atoms with van der Waals surface area (Å²) in [5.74, 6) is -1.41. The lowest BCUT2D eigenvalue weighted by atomic mass is 10.1. The molecule has 0 saturated carbocycles. The first-order valence-electron chi connectivity index (χ1n) is 11.4. The van der Waals surface area contributed by atoms with Gasteiger partial charge in [-0.1, -0.05) is 77.6 Å². The van der Waals surface area contributed by atoms with Gasteiger partial charge in [-0.3, -0.25) is 9.05 Å². The van der Waals surface area contributed by atoms with Crippen LogP contribution >= 0.6 is 7.82 Å². The third-order valence-corrected chi connectivity index (χ3v) is 6.14. The molecule has 0 bridgehead atoms. The molecular weight excluding hydrogens is 409 g/mol. The van der Waals surface area contributed by atoms with E-state index < -0.39 is 26.1 Å². The number of carboxylic acids is 1. The van der Waals surface area contributed by atoms with E-state index in [1.54, 1.807) is 21.1 Å². The van der Waals surface area contributed by atoms with Gasteiger partial charge in [0.1, 0.15) is 0 Å². The van der Waals surface area contributed by atoms with E-state index in [1.807, 2.05) is 0 Å². The molecule has 0 spiro atoms. The van der Waals surface area contributed by atoms with E-state index in [4.69, 9.17) is 9.05 Å². The van der Waals surface area contributed by atoms with Gasteiger partial charge < -0.3 is 19.6 Å². The number of carboxylic acid groups (broad SMARTS) is 1. The Morgan fingerprint density at radius 3 is 1.73 bits per heavy atom. The van der Waals surface area contributed by atoms with Crippen molar-refractivity contribution in [1.82, 2.24) is 0 Å². The highest BCUT2D eigenvalue weighted by Crippen LogP contribution is 2.45. The Morgan fingerprint density at radius 2 is 1.33 bits per heavy atom. The lowest BCUT2D eigenvalue weighted by molar-refractivity contribution is -0.919. The fourth-order valence-corrected chi connectivity index (χ4v) is 3.93. The van der Waals surface area contributed by atoms with Gasteiger partial charge in [0.15, 0.2) is 12.3 Å². The summed E-state index contributed by atoms with van der Waals surface area (Å²) in [6.07, 6.45) is 11.1. The molecule has 0 fully saturated rings. The number of rotatable bonds is 20. The molecule has 0 rings (SSSR count). The molecule has 0 radical (unpaired) electrons. The van der Waals surface area contributed by atoms with Crippen molar-refractivity contribution in [2.75, 3.05) is 27.7 Å². The summed E-state index contributed by atoms with van der Waals surface area (Å²) in [6.45, 7) is 2.26. The minimum absolute atomic E-state index is 0.0371. The van der Waals surface area contributed by atoms with Crippen molar-refractivity contribution >= 4 is 13.8 Å². The fraction of sp³-hybridized carbons (Fsp3) is 0.952. The first-order chi connectivity index (χ1) is 14.0. The van der Waals surface area contributed by atoms with Crippen molar-refractivity contribution < 1.29 is 38.0 Å². The standard InChI is InChI=1S/C21H44NO7P/c1-5-6-7-8-9-10-11-12-13-14-15-16-17-28-30(26,27)29-19(21(24)25)18-20(23)22(2,3)4/h19-20,23H,5-18H2,1-4H3,(H-,24,25,26,27)/p+1/t19-,20?/m1/s1. The first kappa shape index (κ1) is 29.5. The number of aliphatic carboxylic acids is 1. The van der Waals surface area contributed by atoms with Crippen LogP contribution in [0, 0.1) is 0 Å². The lowest BCUT2D eigenvalue weighted by Gasteiger charge is -2.31. The van der Waals surface area contributed by atoms with Crippen LogP contribution in [-0.4, -0.2) is 65.6 Å². The highest BCUT2D eigenvalue weighted by atomic mass is 31.2. The molecule has 0 amide bonds. The number of hydrogen-bond donors (Lipinski definition) is 3. The van der Waals surface area contributed by atoms with Crippen LogP contribution in [0.15, 0.2) is 0 Å². The molecular formula is C21H45NO7P+. The third kappa shape index (κ3) is 16.2. The number of unbranched alkanes of at least 4 members (excludes halogenated alkanes) is 11. The van der Waals surface area contributed by atoms with Gasteiger partial charge in [0.2, 0.25) is 0 Å². The predicted molar refractivity (Wildman–Crippen MR) is 118 cm³/mol. The number of nitrogens with zero attached hydrogens (tertiary/aromatic N) is 1. The number of hydrogen-bond acceptors (Lipinski definition) is 5. The van der Waals surface area contributed by atoms with E-state index in [2.05, 4.69) is 6.92 Å². The SMILES string of the molecule is CCCCCCCCCCCCCCOP(=O)(O)O[C@H](CC(O)[N+](C)(C)C)C(=O)O. The Hall–Kier alpha value is -0.500. The molecule has 9 heteroatoms. The van der Waals surface area contributed by atoms with Crippen molar-refractivity contribution in [3.05, 3.63) is 0 Å². The minimum atomic E-state index is -4.49. The maximum atomic E-state index is 12.0. The molecule has 0 aliphatic carbocycles. The van der Waals surface area contributed by atoms with Crippen molar-refractivity contribution in [2.45, 2.75) is 103 Å². The van der Waals surface area contributed by atoms with E-state index in [0.29, 0.717) is 6.42 Å². The largest absolute Gasteiger partial charge is 0.479 e. The Bertz CT molecular complexity index is 496. The Balaban J connectivity index is 3.90. The van der Waals surface area contributed by atoms with Crippen LogP contribution in [0.1, 0.15) is 90.4 Å². The normalized spacial score (nSPS) is 16.2. The van der Waals surface area contributed by atoms with Gasteiger partial charge in [-0.05, 0) is 6.42 Å². The summed E-state index contributed by atoms with van der Waals surface area (Å²) >= 11 is 0. The molecule has 2 unspecified atom stereocenters. The second-order valence-corrected chi connectivity index (χ2v) is 10.4. The van der Waals surface area contributed by atoms with Crippen LogP contribution in [0.3, 0.4) is 0 Å². The van der Waals surface area contributed by atoms with Gasteiger partial charge >= 0.3 is 13.8 Å². The number of aliphatic hydroxyl groups excluding tert-OH is 1. The zero-order chi connectivity index (χ0) is 23.0. The molecule has 0 aromatic carbocycles. The third-order valence-electron chi connectivity index (χ3n) is 5.11. The first-order valence-corrected chi connectivity index (χ1v) is 12.9. The summed E-state index contributed by atoms with van der Waals surface area (Å²) in [5, 5.41) is 19.2. The van der Waals surface area contributed by atoms with Gasteiger partial charge in [-0.15, -0.1) is 0 Å². The number of aliphatic hydroxyl groups is 1. The molecule has 0 aliphatic heterocycles. The number of quaternary nitrogens is 1. The Labute approximate surface area is 182 Å². The smallest absolute Gasteiger partial charge is 0.473 e. The van der Waals surface area contributed by atoms with Crippen LogP contribution in [0.4, 0.5) is 0 Å². The second-order valence-electron chi connectivity index (χ2n) is 8.96. The highest BCUT2D eigenvalue weighted by molar-refractivity contribution is 7.47. The van der Waals surface area contributed by atoms with Crippen LogP contribution in [-0.2, 0) is 18.4 Å². The number of phosphoric acid groups is 1. The summed E-state index contributed by atoms with van der Waals surface area (Å²) in [7, 11) is 0.568. The van der Waals surface area contributed by atoms with Crippen LogP contribution in [0.5, 0.6) is 0 Å². The molecule has 3 atom stereocenters. The monoisotopic (exact) mass is 454 g/mol. The molecule has 30 heavy (non-hydrogen) atoms. The van der Waals surface area contributed by atoms with Crippen molar-refractivity contribution in [2.24, 2.45) is 0 Å². The Kier molecular flexibility index (Phi) is 15.9. The molecule has 0 saturated heterocycles. The summed E-state index contributed by atoms with van der Waals surface area (Å²) in [5.41, 5.74) is 0. The maximum absolute atomic E-state index is 12.0. The average Bonchev–Trinajstić information content (AvgIpc) is 2.63. The molecule has 8 nitrogen and oxygen atoms in total. The zero-order valence-electron chi connectivity index (χ0n) is 19.4. The molecule has 0 aliphatic rings. The summed E-state index contributed by atoms with van der Waals surface area (Å²) < 4.78 is 21.8. The average molecular weight is 455 g/mol. The second kappa shape index (κ2) is 16.2. The fourth-order valence-electron chi connectivity index (χ4n) is 3.01. The highest BCUT2D eigenvalue weighted by Gasteiger charge is 2.36. The molecule has 0 aromatic rings. The van der Waals surface area contributed by atoms with Gasteiger partial charge in [0.25, 0.3) is 0 Å². The van der Waals surface area contributed by atoms with Crippen LogP contribution < -0.4 is 0 Å². The summed E-state index contributed by atoms with van der Waals surface area (Å²) in [4.78, 5) is 21.1. The Morgan fingerprint density at radius 1 is 0.900 bits per heavy atom. The predicted octanol–water partition coefficient (Wildman–Crippen LogP) is 4.69. The lowest BCUT2D eigenvalue weighted by Crippen LogP contribution is -2.47. The van der Waals surface area contributed by atoms with Crippen molar-refractivity contribution in [1.29, 1.82) is 0 Å².